The summed E-state index contributed by atoms with van der Waals surface area (Å²) in [5.74, 6) is 0.751. The molecular formula is C28H27IN2O3. The number of ether oxygens (including phenoxy) is 2. The fourth-order valence-corrected chi connectivity index (χ4v) is 4.12. The van der Waals surface area contributed by atoms with E-state index in [4.69, 9.17) is 9.47 Å². The Morgan fingerprint density at radius 3 is 2.47 bits per heavy atom. The van der Waals surface area contributed by atoms with Crippen molar-refractivity contribution < 1.29 is 14.3 Å². The molecule has 3 aromatic rings. The Labute approximate surface area is 214 Å². The average Bonchev–Trinajstić information content (AvgIpc) is 2.80. The number of amides is 1. The fraction of sp³-hybridized carbons (Fsp3) is 0.214. The van der Waals surface area contributed by atoms with E-state index in [0.29, 0.717) is 36.0 Å². The second-order valence-electron chi connectivity index (χ2n) is 7.91. The predicted octanol–water partition coefficient (Wildman–Crippen LogP) is 6.74. The van der Waals surface area contributed by atoms with Crippen LogP contribution < -0.4 is 14.8 Å². The van der Waals surface area contributed by atoms with Crippen molar-refractivity contribution in [3.63, 3.8) is 0 Å². The number of nitrogens with one attached hydrogen (secondary N) is 1. The normalized spacial score (nSPS) is 11.0. The smallest absolute Gasteiger partial charge is 0.266 e. The molecule has 0 unspecified atom stereocenters. The summed E-state index contributed by atoms with van der Waals surface area (Å²) in [5, 5.41) is 12.4. The second kappa shape index (κ2) is 11.7. The van der Waals surface area contributed by atoms with Gasteiger partial charge in [0.25, 0.3) is 5.91 Å². The molecule has 1 N–H and O–H groups in total. The number of para-hydroxylation sites is 1. The molecule has 3 aromatic carbocycles. The summed E-state index contributed by atoms with van der Waals surface area (Å²) >= 11 is 2.19. The number of carbonyl (C=O) groups excluding carboxylic acids is 1. The quantitative estimate of drug-likeness (QED) is 0.186. The number of aryl methyl sites for hydroxylation is 3. The van der Waals surface area contributed by atoms with Gasteiger partial charge in [0, 0.05) is 5.69 Å². The third-order valence-electron chi connectivity index (χ3n) is 5.36. The Morgan fingerprint density at radius 2 is 1.79 bits per heavy atom. The number of hydrogen-bond acceptors (Lipinski definition) is 4. The lowest BCUT2D eigenvalue weighted by atomic mass is 10.1. The highest BCUT2D eigenvalue weighted by atomic mass is 127. The molecule has 3 rings (SSSR count). The summed E-state index contributed by atoms with van der Waals surface area (Å²) in [6.45, 7) is 8.84. The second-order valence-corrected chi connectivity index (χ2v) is 9.07. The topological polar surface area (TPSA) is 71.3 Å². The first-order chi connectivity index (χ1) is 16.3. The first-order valence-corrected chi connectivity index (χ1v) is 12.0. The SMILES string of the molecule is CCOc1cc(/C=C(\C#N)C(=O)Nc2ccccc2C)cc(I)c1OCc1ccc(C)c(C)c1. The minimum atomic E-state index is -0.458. The molecule has 0 bridgehead atoms. The molecule has 0 aromatic heterocycles. The molecule has 0 radical (unpaired) electrons. The minimum Gasteiger partial charge on any atom is -0.490 e. The van der Waals surface area contributed by atoms with Crippen molar-refractivity contribution in [3.05, 3.63) is 91.6 Å². The predicted molar refractivity (Wildman–Crippen MR) is 144 cm³/mol. The molecule has 0 spiro atoms. The fourth-order valence-electron chi connectivity index (χ4n) is 3.34. The third-order valence-corrected chi connectivity index (χ3v) is 6.16. The Hall–Kier alpha value is -3.31. The number of halogens is 1. The number of rotatable bonds is 8. The van der Waals surface area contributed by atoms with Crippen LogP contribution in [0.25, 0.3) is 6.08 Å². The van der Waals surface area contributed by atoms with Gasteiger partial charge in [0.2, 0.25) is 0 Å². The Balaban J connectivity index is 1.86. The lowest BCUT2D eigenvalue weighted by molar-refractivity contribution is -0.112. The van der Waals surface area contributed by atoms with Crippen LogP contribution in [0, 0.1) is 35.7 Å². The van der Waals surface area contributed by atoms with Crippen LogP contribution in [0.3, 0.4) is 0 Å². The summed E-state index contributed by atoms with van der Waals surface area (Å²) in [7, 11) is 0. The summed E-state index contributed by atoms with van der Waals surface area (Å²) in [5.41, 5.74) is 5.82. The number of anilines is 1. The molecule has 0 aliphatic heterocycles. The van der Waals surface area contributed by atoms with Crippen molar-refractivity contribution in [2.75, 3.05) is 11.9 Å². The highest BCUT2D eigenvalue weighted by Gasteiger charge is 2.15. The number of carbonyl (C=O) groups is 1. The monoisotopic (exact) mass is 566 g/mol. The molecule has 0 fully saturated rings. The maximum absolute atomic E-state index is 12.7. The molecule has 1 amide bonds. The van der Waals surface area contributed by atoms with Crippen molar-refractivity contribution in [2.24, 2.45) is 0 Å². The maximum Gasteiger partial charge on any atom is 0.266 e. The molecule has 0 atom stereocenters. The van der Waals surface area contributed by atoms with Crippen LogP contribution in [-0.2, 0) is 11.4 Å². The number of nitrogens with zero attached hydrogens (tertiary/aromatic N) is 1. The van der Waals surface area contributed by atoms with Crippen LogP contribution in [0.2, 0.25) is 0 Å². The van der Waals surface area contributed by atoms with Gasteiger partial charge in [-0.3, -0.25) is 4.79 Å². The molecule has 0 aliphatic carbocycles. The first-order valence-electron chi connectivity index (χ1n) is 11.0. The molecule has 0 saturated heterocycles. The van der Waals surface area contributed by atoms with Gasteiger partial charge in [-0.1, -0.05) is 36.4 Å². The summed E-state index contributed by atoms with van der Waals surface area (Å²) in [4.78, 5) is 12.7. The highest BCUT2D eigenvalue weighted by Crippen LogP contribution is 2.35. The van der Waals surface area contributed by atoms with E-state index in [1.807, 2.05) is 44.2 Å². The molecule has 0 saturated carbocycles. The lowest BCUT2D eigenvalue weighted by Crippen LogP contribution is -2.14. The first kappa shape index (κ1) is 25.3. The summed E-state index contributed by atoms with van der Waals surface area (Å²) < 4.78 is 12.8. The minimum absolute atomic E-state index is 0.00491. The molecule has 34 heavy (non-hydrogen) atoms. The Morgan fingerprint density at radius 1 is 1.03 bits per heavy atom. The van der Waals surface area contributed by atoms with Crippen LogP contribution in [0.1, 0.15) is 34.7 Å². The van der Waals surface area contributed by atoms with Gasteiger partial charge in [-0.25, -0.2) is 0 Å². The molecule has 6 heteroatoms. The number of benzene rings is 3. The maximum atomic E-state index is 12.7. The lowest BCUT2D eigenvalue weighted by Gasteiger charge is -2.15. The summed E-state index contributed by atoms with van der Waals surface area (Å²) in [6.07, 6.45) is 1.56. The third kappa shape index (κ3) is 6.39. The van der Waals surface area contributed by atoms with Crippen LogP contribution in [0.15, 0.2) is 60.2 Å². The van der Waals surface area contributed by atoms with E-state index < -0.39 is 5.91 Å². The van der Waals surface area contributed by atoms with E-state index >= 15 is 0 Å². The van der Waals surface area contributed by atoms with Crippen LogP contribution >= 0.6 is 22.6 Å². The van der Waals surface area contributed by atoms with Crippen molar-refractivity contribution in [3.8, 4) is 17.6 Å². The van der Waals surface area contributed by atoms with Crippen molar-refractivity contribution in [1.29, 1.82) is 5.26 Å². The van der Waals surface area contributed by atoms with Crippen LogP contribution in [0.4, 0.5) is 5.69 Å². The number of hydrogen-bond donors (Lipinski definition) is 1. The molecule has 5 nitrogen and oxygen atoms in total. The van der Waals surface area contributed by atoms with Gasteiger partial charge >= 0.3 is 0 Å². The van der Waals surface area contributed by atoms with E-state index in [1.54, 1.807) is 18.2 Å². The van der Waals surface area contributed by atoms with E-state index in [1.165, 1.54) is 11.1 Å². The van der Waals surface area contributed by atoms with Crippen molar-refractivity contribution in [1.82, 2.24) is 0 Å². The van der Waals surface area contributed by atoms with Crippen LogP contribution in [-0.4, -0.2) is 12.5 Å². The average molecular weight is 566 g/mol. The van der Waals surface area contributed by atoms with Gasteiger partial charge in [0.15, 0.2) is 11.5 Å². The zero-order chi connectivity index (χ0) is 24.7. The van der Waals surface area contributed by atoms with Gasteiger partial charge in [0.05, 0.1) is 10.2 Å². The van der Waals surface area contributed by atoms with Gasteiger partial charge in [-0.05, 0) is 102 Å². The van der Waals surface area contributed by atoms with Crippen LogP contribution in [0.5, 0.6) is 11.5 Å². The summed E-state index contributed by atoms with van der Waals surface area (Å²) in [6, 6.07) is 19.4. The van der Waals surface area contributed by atoms with E-state index in [-0.39, 0.29) is 5.57 Å². The zero-order valence-corrected chi connectivity index (χ0v) is 21.9. The molecule has 0 aliphatic rings. The van der Waals surface area contributed by atoms with Gasteiger partial charge < -0.3 is 14.8 Å². The van der Waals surface area contributed by atoms with E-state index in [9.17, 15) is 10.1 Å². The molecule has 174 valence electrons. The zero-order valence-electron chi connectivity index (χ0n) is 19.7. The molecule has 0 heterocycles. The van der Waals surface area contributed by atoms with E-state index in [2.05, 4.69) is 60.0 Å². The van der Waals surface area contributed by atoms with E-state index in [0.717, 1.165) is 14.7 Å². The Bertz CT molecular complexity index is 1280. The Kier molecular flexibility index (Phi) is 8.72. The standard InChI is InChI=1S/C28H27IN2O3/c1-5-33-26-15-22(13-23(16-30)28(32)31-25-9-7-6-8-19(25)3)14-24(29)27(26)34-17-21-11-10-18(2)20(4)12-21/h6-15H,5,17H2,1-4H3,(H,31,32)/b23-13+. The van der Waals surface area contributed by atoms with Crippen molar-refractivity contribution in [2.45, 2.75) is 34.3 Å². The largest absolute Gasteiger partial charge is 0.490 e. The van der Waals surface area contributed by atoms with Gasteiger partial charge in [0.1, 0.15) is 18.2 Å². The van der Waals surface area contributed by atoms with Crippen molar-refractivity contribution >= 4 is 40.3 Å². The molecular weight excluding hydrogens is 539 g/mol. The van der Waals surface area contributed by atoms with Gasteiger partial charge in [-0.15, -0.1) is 0 Å². The van der Waals surface area contributed by atoms with Gasteiger partial charge in [-0.2, -0.15) is 5.26 Å². The highest BCUT2D eigenvalue weighted by molar-refractivity contribution is 14.1. The number of nitriles is 1.